The predicted octanol–water partition coefficient (Wildman–Crippen LogP) is 2.43. The lowest BCUT2D eigenvalue weighted by molar-refractivity contribution is -0.141. The highest BCUT2D eigenvalue weighted by Crippen LogP contribution is 2.46. The molecule has 0 bridgehead atoms. The Bertz CT molecular complexity index is 635. The summed E-state index contributed by atoms with van der Waals surface area (Å²) in [5.74, 6) is -0.125. The number of hydrogen-bond donors (Lipinski definition) is 2. The van der Waals surface area contributed by atoms with Crippen molar-refractivity contribution in [1.82, 2.24) is 15.1 Å². The minimum atomic E-state index is -2.04. The molecule has 28 heavy (non-hydrogen) atoms. The van der Waals surface area contributed by atoms with Gasteiger partial charge in [-0.05, 0) is 31.0 Å². The SMILES string of the molecule is CC(C)(C)[Si](C)(C)OC[C@@H]1CN(C(=O)O)C2(CC2)CN1C(=O)[C@@H]1C[C@@H](F)CN1. The number of carbonyl (C=O) groups is 2. The van der Waals surface area contributed by atoms with Gasteiger partial charge < -0.3 is 19.7 Å². The lowest BCUT2D eigenvalue weighted by Gasteiger charge is -2.47. The van der Waals surface area contributed by atoms with Gasteiger partial charge in [0.05, 0.1) is 24.2 Å². The van der Waals surface area contributed by atoms with Gasteiger partial charge in [0.15, 0.2) is 8.32 Å². The fourth-order valence-corrected chi connectivity index (χ4v) is 4.93. The van der Waals surface area contributed by atoms with E-state index in [4.69, 9.17) is 4.43 Å². The van der Waals surface area contributed by atoms with Gasteiger partial charge in [0.1, 0.15) is 6.17 Å². The maximum atomic E-state index is 13.6. The summed E-state index contributed by atoms with van der Waals surface area (Å²) in [4.78, 5) is 28.2. The zero-order valence-corrected chi connectivity index (χ0v) is 18.6. The summed E-state index contributed by atoms with van der Waals surface area (Å²) >= 11 is 0. The summed E-state index contributed by atoms with van der Waals surface area (Å²) in [5.41, 5.74) is -0.470. The Morgan fingerprint density at radius 1 is 1.32 bits per heavy atom. The van der Waals surface area contributed by atoms with Crippen molar-refractivity contribution in [1.29, 1.82) is 0 Å². The molecule has 1 aliphatic carbocycles. The minimum absolute atomic E-state index is 0.0230. The Labute approximate surface area is 167 Å². The van der Waals surface area contributed by atoms with E-state index in [0.29, 0.717) is 13.2 Å². The van der Waals surface area contributed by atoms with Gasteiger partial charge in [-0.25, -0.2) is 9.18 Å². The summed E-state index contributed by atoms with van der Waals surface area (Å²) in [6.45, 7) is 11.9. The summed E-state index contributed by atoms with van der Waals surface area (Å²) in [7, 11) is -2.04. The van der Waals surface area contributed by atoms with Gasteiger partial charge in [-0.2, -0.15) is 0 Å². The molecule has 0 aromatic rings. The number of nitrogens with zero attached hydrogens (tertiary/aromatic N) is 2. The second kappa shape index (κ2) is 7.25. The van der Waals surface area contributed by atoms with Crippen LogP contribution in [0.15, 0.2) is 0 Å². The zero-order chi connectivity index (χ0) is 20.9. The number of rotatable bonds is 4. The van der Waals surface area contributed by atoms with Gasteiger partial charge >= 0.3 is 6.09 Å². The molecule has 2 heterocycles. The number of halogens is 1. The quantitative estimate of drug-likeness (QED) is 0.689. The second-order valence-electron chi connectivity index (χ2n) is 10.1. The number of hydrogen-bond acceptors (Lipinski definition) is 4. The molecule has 0 radical (unpaired) electrons. The summed E-state index contributed by atoms with van der Waals surface area (Å²) in [6.07, 6.45) is -0.234. The van der Waals surface area contributed by atoms with E-state index in [0.717, 1.165) is 12.8 Å². The van der Waals surface area contributed by atoms with Gasteiger partial charge in [-0.1, -0.05) is 20.8 Å². The van der Waals surface area contributed by atoms with Gasteiger partial charge in [-0.3, -0.25) is 9.69 Å². The van der Waals surface area contributed by atoms with Crippen molar-refractivity contribution >= 4 is 20.3 Å². The molecular formula is C19H34FN3O4Si. The van der Waals surface area contributed by atoms with E-state index >= 15 is 0 Å². The molecule has 0 unspecified atom stereocenters. The molecule has 2 N–H and O–H groups in total. The largest absolute Gasteiger partial charge is 0.465 e. The number of carboxylic acid groups (broad SMARTS) is 1. The van der Waals surface area contributed by atoms with Crippen LogP contribution in [0.1, 0.15) is 40.0 Å². The average Bonchev–Trinajstić information content (AvgIpc) is 3.21. The first-order valence-corrected chi connectivity index (χ1v) is 13.1. The molecular weight excluding hydrogens is 381 g/mol. The molecule has 1 saturated carbocycles. The van der Waals surface area contributed by atoms with Crippen LogP contribution in [0.2, 0.25) is 18.1 Å². The third-order valence-electron chi connectivity index (χ3n) is 7.03. The van der Waals surface area contributed by atoms with E-state index in [9.17, 15) is 19.1 Å². The minimum Gasteiger partial charge on any atom is -0.465 e. The fraction of sp³-hybridized carbons (Fsp3) is 0.895. The molecule has 9 heteroatoms. The lowest BCUT2D eigenvalue weighted by Crippen LogP contribution is -2.66. The van der Waals surface area contributed by atoms with E-state index in [1.54, 1.807) is 4.90 Å². The van der Waals surface area contributed by atoms with E-state index in [-0.39, 0.29) is 36.5 Å². The van der Waals surface area contributed by atoms with E-state index < -0.39 is 32.2 Å². The van der Waals surface area contributed by atoms with Crippen molar-refractivity contribution in [3.63, 3.8) is 0 Å². The Morgan fingerprint density at radius 2 is 1.96 bits per heavy atom. The molecule has 2 aliphatic heterocycles. The summed E-state index contributed by atoms with van der Waals surface area (Å²) in [5, 5.41) is 12.7. The molecule has 160 valence electrons. The van der Waals surface area contributed by atoms with Crippen molar-refractivity contribution in [3.05, 3.63) is 0 Å². The first kappa shape index (κ1) is 21.5. The van der Waals surface area contributed by atoms with Crippen molar-refractivity contribution < 1.29 is 23.5 Å². The molecule has 3 aliphatic rings. The molecule has 7 nitrogen and oxygen atoms in total. The van der Waals surface area contributed by atoms with E-state index in [1.165, 1.54) is 4.90 Å². The van der Waals surface area contributed by atoms with Crippen LogP contribution in [0, 0.1) is 0 Å². The van der Waals surface area contributed by atoms with Gasteiger partial charge in [0.2, 0.25) is 5.91 Å². The number of alkyl halides is 1. The van der Waals surface area contributed by atoms with Crippen LogP contribution in [0.5, 0.6) is 0 Å². The fourth-order valence-electron chi connectivity index (χ4n) is 3.89. The van der Waals surface area contributed by atoms with Crippen molar-refractivity contribution in [2.75, 3.05) is 26.2 Å². The molecule has 0 aromatic heterocycles. The van der Waals surface area contributed by atoms with Crippen molar-refractivity contribution in [3.8, 4) is 0 Å². The highest BCUT2D eigenvalue weighted by molar-refractivity contribution is 6.74. The predicted molar refractivity (Wildman–Crippen MR) is 107 cm³/mol. The summed E-state index contributed by atoms with van der Waals surface area (Å²) in [6, 6.07) is -0.873. The van der Waals surface area contributed by atoms with Gasteiger partial charge in [0.25, 0.3) is 0 Å². The van der Waals surface area contributed by atoms with Crippen LogP contribution >= 0.6 is 0 Å². The number of carbonyl (C=O) groups excluding carboxylic acids is 1. The van der Waals surface area contributed by atoms with Crippen LogP contribution in [-0.2, 0) is 9.22 Å². The number of amides is 2. The molecule has 0 aromatic carbocycles. The van der Waals surface area contributed by atoms with Crippen LogP contribution in [0.3, 0.4) is 0 Å². The third-order valence-corrected chi connectivity index (χ3v) is 11.5. The Morgan fingerprint density at radius 3 is 2.43 bits per heavy atom. The molecule has 3 rings (SSSR count). The zero-order valence-electron chi connectivity index (χ0n) is 17.6. The first-order chi connectivity index (χ1) is 12.9. The normalized spacial score (nSPS) is 30.0. The molecule has 2 amide bonds. The smallest absolute Gasteiger partial charge is 0.407 e. The van der Waals surface area contributed by atoms with Gasteiger partial charge in [-0.15, -0.1) is 0 Å². The third kappa shape index (κ3) is 4.07. The average molecular weight is 416 g/mol. The number of piperazine rings is 1. The van der Waals surface area contributed by atoms with Crippen LogP contribution in [-0.4, -0.2) is 85.3 Å². The molecule has 3 atom stereocenters. The summed E-state index contributed by atoms with van der Waals surface area (Å²) < 4.78 is 20.0. The van der Waals surface area contributed by atoms with Crippen LogP contribution < -0.4 is 5.32 Å². The maximum Gasteiger partial charge on any atom is 0.407 e. The topological polar surface area (TPSA) is 82.1 Å². The van der Waals surface area contributed by atoms with Crippen molar-refractivity contribution in [2.24, 2.45) is 0 Å². The Balaban J connectivity index is 1.78. The highest BCUT2D eigenvalue weighted by Gasteiger charge is 2.57. The van der Waals surface area contributed by atoms with Crippen LogP contribution in [0.25, 0.3) is 0 Å². The van der Waals surface area contributed by atoms with E-state index in [2.05, 4.69) is 39.2 Å². The highest BCUT2D eigenvalue weighted by atomic mass is 28.4. The molecule has 3 fully saturated rings. The van der Waals surface area contributed by atoms with Crippen LogP contribution in [0.4, 0.5) is 9.18 Å². The number of nitrogens with one attached hydrogen (secondary N) is 1. The maximum absolute atomic E-state index is 13.6. The Hall–Kier alpha value is -1.19. The van der Waals surface area contributed by atoms with E-state index in [1.807, 2.05) is 0 Å². The monoisotopic (exact) mass is 415 g/mol. The molecule has 2 saturated heterocycles. The first-order valence-electron chi connectivity index (χ1n) is 10.2. The second-order valence-corrected chi connectivity index (χ2v) is 14.9. The lowest BCUT2D eigenvalue weighted by atomic mass is 10.0. The van der Waals surface area contributed by atoms with Crippen molar-refractivity contribution in [2.45, 2.75) is 82.0 Å². The van der Waals surface area contributed by atoms with Gasteiger partial charge in [0, 0.05) is 26.1 Å². The standard InChI is InChI=1S/C19H34FN3O4Si/c1-18(2,3)28(4,5)27-11-14-10-23(17(25)26)19(6-7-19)12-22(14)16(24)15-8-13(20)9-21-15/h13-15,21H,6-12H2,1-5H3,(H,25,26)/t13-,14+,15+/m1/s1. The Kier molecular flexibility index (Phi) is 5.57. The molecule has 1 spiro atoms.